The average Bonchev–Trinajstić information content (AvgIpc) is 2.55. The Labute approximate surface area is 153 Å². The van der Waals surface area contributed by atoms with Crippen LogP contribution in [0.1, 0.15) is 106 Å². The zero-order chi connectivity index (χ0) is 18.4. The van der Waals surface area contributed by atoms with Crippen LogP contribution < -0.4 is 0 Å². The molecule has 0 spiro atoms. The van der Waals surface area contributed by atoms with Crippen LogP contribution in [0.15, 0.2) is 0 Å². The number of hydrogen-bond acceptors (Lipinski definition) is 2. The molecule has 2 heteroatoms. The molecule has 24 heavy (non-hydrogen) atoms. The van der Waals surface area contributed by atoms with Gasteiger partial charge in [-0.1, -0.05) is 87.0 Å². The Morgan fingerprint density at radius 2 is 1.17 bits per heavy atom. The van der Waals surface area contributed by atoms with Crippen molar-refractivity contribution in [3.8, 4) is 0 Å². The lowest BCUT2D eigenvalue weighted by Crippen LogP contribution is -2.50. The molecular formula is C22H46O2. The summed E-state index contributed by atoms with van der Waals surface area (Å²) in [5.41, 5.74) is 0. The van der Waals surface area contributed by atoms with Crippen LogP contribution in [0.25, 0.3) is 0 Å². The van der Waals surface area contributed by atoms with Crippen LogP contribution >= 0.6 is 0 Å². The molecule has 0 N–H and O–H groups in total. The third kappa shape index (κ3) is 8.34. The van der Waals surface area contributed by atoms with Gasteiger partial charge in [0, 0.05) is 25.0 Å². The zero-order valence-corrected chi connectivity index (χ0v) is 17.8. The molecule has 1 atom stereocenters. The maximum atomic E-state index is 6.44. The summed E-state index contributed by atoms with van der Waals surface area (Å²) in [4.78, 5) is 0. The van der Waals surface area contributed by atoms with Gasteiger partial charge in [-0.15, -0.1) is 0 Å². The highest BCUT2D eigenvalue weighted by molar-refractivity contribution is 4.85. The van der Waals surface area contributed by atoms with Crippen LogP contribution in [0.2, 0.25) is 0 Å². The van der Waals surface area contributed by atoms with Crippen molar-refractivity contribution in [2.45, 2.75) is 112 Å². The molecule has 146 valence electrons. The summed E-state index contributed by atoms with van der Waals surface area (Å²) in [6.45, 7) is 17.4. The molecule has 0 bridgehead atoms. The molecule has 0 rings (SSSR count). The Bertz CT molecular complexity index is 265. The number of unbranched alkanes of at least 4 members (excludes halogenated alkanes) is 5. The van der Waals surface area contributed by atoms with Gasteiger partial charge in [0.2, 0.25) is 0 Å². The van der Waals surface area contributed by atoms with E-state index in [4.69, 9.17) is 9.47 Å². The van der Waals surface area contributed by atoms with Gasteiger partial charge in [-0.05, 0) is 25.2 Å². The van der Waals surface area contributed by atoms with E-state index in [1.165, 1.54) is 44.9 Å². The van der Waals surface area contributed by atoms with E-state index in [0.29, 0.717) is 17.8 Å². The van der Waals surface area contributed by atoms with Crippen LogP contribution in [-0.2, 0) is 9.47 Å². The molecule has 0 saturated heterocycles. The Kier molecular flexibility index (Phi) is 14.1. The van der Waals surface area contributed by atoms with Crippen LogP contribution in [0.5, 0.6) is 0 Å². The van der Waals surface area contributed by atoms with Gasteiger partial charge < -0.3 is 9.47 Å². The van der Waals surface area contributed by atoms with E-state index in [-0.39, 0.29) is 0 Å². The van der Waals surface area contributed by atoms with Crippen LogP contribution in [0.3, 0.4) is 0 Å². The van der Waals surface area contributed by atoms with Gasteiger partial charge >= 0.3 is 0 Å². The molecule has 0 aromatic carbocycles. The van der Waals surface area contributed by atoms with Crippen molar-refractivity contribution in [1.82, 2.24) is 0 Å². The molecule has 0 radical (unpaired) electrons. The summed E-state index contributed by atoms with van der Waals surface area (Å²) >= 11 is 0. The summed E-state index contributed by atoms with van der Waals surface area (Å²) in [7, 11) is 0. The molecular weight excluding hydrogens is 296 g/mol. The van der Waals surface area contributed by atoms with Crippen molar-refractivity contribution in [3.63, 3.8) is 0 Å². The fraction of sp³-hybridized carbons (Fsp3) is 1.00. The second kappa shape index (κ2) is 14.1. The van der Waals surface area contributed by atoms with E-state index in [1.54, 1.807) is 0 Å². The maximum Gasteiger partial charge on any atom is 0.173 e. The Morgan fingerprint density at radius 3 is 1.58 bits per heavy atom. The molecule has 0 heterocycles. The molecule has 0 aliphatic rings. The molecule has 0 saturated carbocycles. The van der Waals surface area contributed by atoms with Crippen molar-refractivity contribution in [3.05, 3.63) is 0 Å². The van der Waals surface area contributed by atoms with E-state index < -0.39 is 5.79 Å². The predicted molar refractivity (Wildman–Crippen MR) is 106 cm³/mol. The zero-order valence-electron chi connectivity index (χ0n) is 17.8. The second-order valence-corrected chi connectivity index (χ2v) is 7.98. The number of hydrogen-bond donors (Lipinski definition) is 0. The molecule has 0 aliphatic heterocycles. The molecule has 0 aliphatic carbocycles. The molecule has 0 aromatic rings. The average molecular weight is 343 g/mol. The van der Waals surface area contributed by atoms with E-state index >= 15 is 0 Å². The summed E-state index contributed by atoms with van der Waals surface area (Å²) in [6, 6.07) is 0. The first kappa shape index (κ1) is 23.9. The SMILES string of the molecule is CCCCCCCCC(C(C)C)C(OCCC)(OCCC)C(C)C. The normalized spacial score (nSPS) is 13.9. The quantitative estimate of drug-likeness (QED) is 0.218. The minimum absolute atomic E-state index is 0.378. The van der Waals surface area contributed by atoms with Crippen LogP contribution in [0, 0.1) is 17.8 Å². The van der Waals surface area contributed by atoms with Crippen LogP contribution in [0.4, 0.5) is 0 Å². The molecule has 0 aromatic heterocycles. The standard InChI is InChI=1S/C22H46O2/c1-8-11-12-13-14-15-16-21(19(4)5)22(20(6)7,23-17-9-2)24-18-10-3/h19-21H,8-18H2,1-7H3. The first-order chi connectivity index (χ1) is 11.5. The van der Waals surface area contributed by atoms with Crippen molar-refractivity contribution >= 4 is 0 Å². The van der Waals surface area contributed by atoms with Crippen molar-refractivity contribution in [2.75, 3.05) is 13.2 Å². The van der Waals surface area contributed by atoms with E-state index in [9.17, 15) is 0 Å². The second-order valence-electron chi connectivity index (χ2n) is 7.98. The van der Waals surface area contributed by atoms with Gasteiger partial charge in [-0.2, -0.15) is 0 Å². The summed E-state index contributed by atoms with van der Waals surface area (Å²) in [5, 5.41) is 0. The molecule has 0 fully saturated rings. The lowest BCUT2D eigenvalue weighted by atomic mass is 9.77. The lowest BCUT2D eigenvalue weighted by molar-refractivity contribution is -0.299. The highest BCUT2D eigenvalue weighted by Gasteiger charge is 2.44. The Morgan fingerprint density at radius 1 is 0.667 bits per heavy atom. The first-order valence-corrected chi connectivity index (χ1v) is 10.7. The monoisotopic (exact) mass is 342 g/mol. The van der Waals surface area contributed by atoms with Gasteiger partial charge in [0.15, 0.2) is 5.79 Å². The molecule has 1 unspecified atom stereocenters. The van der Waals surface area contributed by atoms with E-state index in [2.05, 4.69) is 48.5 Å². The third-order valence-electron chi connectivity index (χ3n) is 5.06. The third-order valence-corrected chi connectivity index (χ3v) is 5.06. The molecule has 2 nitrogen and oxygen atoms in total. The predicted octanol–water partition coefficient (Wildman–Crippen LogP) is 7.21. The van der Waals surface area contributed by atoms with E-state index in [0.717, 1.165) is 26.1 Å². The fourth-order valence-corrected chi connectivity index (χ4v) is 3.68. The summed E-state index contributed by atoms with van der Waals surface area (Å²) in [5.74, 6) is 1.02. The fourth-order valence-electron chi connectivity index (χ4n) is 3.68. The largest absolute Gasteiger partial charge is 0.349 e. The molecule has 0 amide bonds. The van der Waals surface area contributed by atoms with Gasteiger partial charge in [0.05, 0.1) is 0 Å². The van der Waals surface area contributed by atoms with Crippen LogP contribution in [-0.4, -0.2) is 19.0 Å². The summed E-state index contributed by atoms with van der Waals surface area (Å²) in [6.07, 6.45) is 11.4. The minimum Gasteiger partial charge on any atom is -0.349 e. The Balaban J connectivity index is 4.93. The highest BCUT2D eigenvalue weighted by Crippen LogP contribution is 2.40. The first-order valence-electron chi connectivity index (χ1n) is 10.7. The van der Waals surface area contributed by atoms with Crippen molar-refractivity contribution in [2.24, 2.45) is 17.8 Å². The van der Waals surface area contributed by atoms with Crippen molar-refractivity contribution in [1.29, 1.82) is 0 Å². The van der Waals surface area contributed by atoms with Gasteiger partial charge in [-0.25, -0.2) is 0 Å². The minimum atomic E-state index is -0.413. The number of rotatable bonds is 16. The maximum absolute atomic E-state index is 6.44. The topological polar surface area (TPSA) is 18.5 Å². The van der Waals surface area contributed by atoms with E-state index in [1.807, 2.05) is 0 Å². The summed E-state index contributed by atoms with van der Waals surface area (Å²) < 4.78 is 12.9. The van der Waals surface area contributed by atoms with Gasteiger partial charge in [0.1, 0.15) is 0 Å². The number of ether oxygens (including phenoxy) is 2. The van der Waals surface area contributed by atoms with Gasteiger partial charge in [-0.3, -0.25) is 0 Å². The highest BCUT2D eigenvalue weighted by atomic mass is 16.7. The Hall–Kier alpha value is -0.0800. The lowest BCUT2D eigenvalue weighted by Gasteiger charge is -2.45. The van der Waals surface area contributed by atoms with Crippen molar-refractivity contribution < 1.29 is 9.47 Å². The van der Waals surface area contributed by atoms with Gasteiger partial charge in [0.25, 0.3) is 0 Å². The smallest absolute Gasteiger partial charge is 0.173 e.